The van der Waals surface area contributed by atoms with Gasteiger partial charge in [0.2, 0.25) is 0 Å². The Hall–Kier alpha value is -2.22. The van der Waals surface area contributed by atoms with Gasteiger partial charge in [-0.3, -0.25) is 4.98 Å². The zero-order chi connectivity index (χ0) is 16.0. The highest BCUT2D eigenvalue weighted by molar-refractivity contribution is 7.19. The van der Waals surface area contributed by atoms with Crippen LogP contribution in [0.5, 0.6) is 0 Å². The van der Waals surface area contributed by atoms with Crippen LogP contribution in [0.2, 0.25) is 0 Å². The highest BCUT2D eigenvalue weighted by atomic mass is 32.1. The van der Waals surface area contributed by atoms with Crippen LogP contribution < -0.4 is 10.6 Å². The molecule has 0 amide bonds. The van der Waals surface area contributed by atoms with E-state index >= 15 is 0 Å². The third kappa shape index (κ3) is 2.52. The number of hydrogen-bond acceptors (Lipinski definition) is 6. The molecular formula is C15H18N6OS. The molecule has 0 aliphatic heterocycles. The van der Waals surface area contributed by atoms with Crippen LogP contribution in [0.4, 0.5) is 5.82 Å². The predicted molar refractivity (Wildman–Crippen MR) is 89.9 cm³/mol. The standard InChI is InChI=1S/C15H18N6OS/c1-8-3-4-9-10(5-8)23-14-12(9)13(16-7-17-14)21(2)6-11-18-15(22)20-19-11/h7-8H,3-6H2,1-2H3,(H2,18,19,20,22). The van der Waals surface area contributed by atoms with Crippen LogP contribution in [0, 0.1) is 5.92 Å². The van der Waals surface area contributed by atoms with Gasteiger partial charge in [-0.1, -0.05) is 6.92 Å². The summed E-state index contributed by atoms with van der Waals surface area (Å²) in [5, 5.41) is 7.53. The Morgan fingerprint density at radius 1 is 1.43 bits per heavy atom. The van der Waals surface area contributed by atoms with Gasteiger partial charge in [-0.25, -0.2) is 19.9 Å². The Labute approximate surface area is 136 Å². The molecule has 0 aromatic carbocycles. The van der Waals surface area contributed by atoms with E-state index in [1.54, 1.807) is 17.7 Å². The van der Waals surface area contributed by atoms with E-state index in [9.17, 15) is 4.79 Å². The zero-order valence-corrected chi connectivity index (χ0v) is 13.9. The topological polar surface area (TPSA) is 90.6 Å². The molecule has 1 aliphatic rings. The van der Waals surface area contributed by atoms with Gasteiger partial charge in [0.15, 0.2) is 0 Å². The minimum atomic E-state index is -0.289. The minimum absolute atomic E-state index is 0.289. The fourth-order valence-electron chi connectivity index (χ4n) is 3.23. The Morgan fingerprint density at radius 3 is 3.09 bits per heavy atom. The summed E-state index contributed by atoms with van der Waals surface area (Å²) in [6.45, 7) is 2.80. The number of rotatable bonds is 3. The third-order valence-corrected chi connectivity index (χ3v) is 5.53. The lowest BCUT2D eigenvalue weighted by molar-refractivity contribution is 0.509. The summed E-state index contributed by atoms with van der Waals surface area (Å²) in [5.41, 5.74) is 1.12. The number of thiophene rings is 1. The first-order valence-corrected chi connectivity index (χ1v) is 8.53. The van der Waals surface area contributed by atoms with E-state index in [-0.39, 0.29) is 5.69 Å². The molecular weight excluding hydrogens is 312 g/mol. The van der Waals surface area contributed by atoms with E-state index in [0.29, 0.717) is 12.4 Å². The maximum Gasteiger partial charge on any atom is 0.340 e. The largest absolute Gasteiger partial charge is 0.351 e. The van der Waals surface area contributed by atoms with Gasteiger partial charge in [0.1, 0.15) is 22.8 Å². The molecule has 8 heteroatoms. The average Bonchev–Trinajstić information content (AvgIpc) is 3.09. The Kier molecular flexibility index (Phi) is 3.41. The van der Waals surface area contributed by atoms with Crippen LogP contribution in [-0.4, -0.2) is 32.2 Å². The van der Waals surface area contributed by atoms with Crippen molar-refractivity contribution in [2.45, 2.75) is 32.7 Å². The number of nitrogens with one attached hydrogen (secondary N) is 2. The van der Waals surface area contributed by atoms with Gasteiger partial charge in [0, 0.05) is 11.9 Å². The number of fused-ring (bicyclic) bond motifs is 3. The fraction of sp³-hybridized carbons (Fsp3) is 0.467. The SMILES string of the molecule is CC1CCc2c(sc3ncnc(N(C)Cc4n[nH]c(=O)[nH]4)c23)C1. The van der Waals surface area contributed by atoms with Crippen molar-refractivity contribution in [2.75, 3.05) is 11.9 Å². The monoisotopic (exact) mass is 330 g/mol. The summed E-state index contributed by atoms with van der Waals surface area (Å²) in [7, 11) is 1.96. The Balaban J connectivity index is 1.76. The van der Waals surface area contributed by atoms with E-state index in [2.05, 4.69) is 32.1 Å². The first kappa shape index (κ1) is 14.4. The third-order valence-electron chi connectivity index (χ3n) is 4.37. The molecule has 23 heavy (non-hydrogen) atoms. The molecule has 0 saturated heterocycles. The van der Waals surface area contributed by atoms with Crippen molar-refractivity contribution in [3.63, 3.8) is 0 Å². The van der Waals surface area contributed by atoms with E-state index in [1.807, 2.05) is 11.9 Å². The zero-order valence-electron chi connectivity index (χ0n) is 13.1. The second kappa shape index (κ2) is 5.45. The molecule has 3 heterocycles. The van der Waals surface area contributed by atoms with Gasteiger partial charge < -0.3 is 4.90 Å². The van der Waals surface area contributed by atoms with Gasteiger partial charge in [0.25, 0.3) is 0 Å². The first-order valence-electron chi connectivity index (χ1n) is 7.71. The molecule has 3 aromatic rings. The van der Waals surface area contributed by atoms with Crippen LogP contribution in [0.3, 0.4) is 0 Å². The van der Waals surface area contributed by atoms with Crippen molar-refractivity contribution in [2.24, 2.45) is 5.92 Å². The van der Waals surface area contributed by atoms with Gasteiger partial charge in [-0.2, -0.15) is 5.10 Å². The van der Waals surface area contributed by atoms with Crippen molar-refractivity contribution in [1.29, 1.82) is 0 Å². The van der Waals surface area contributed by atoms with E-state index in [1.165, 1.54) is 22.2 Å². The van der Waals surface area contributed by atoms with Crippen LogP contribution in [0.25, 0.3) is 10.2 Å². The number of aromatic amines is 2. The summed E-state index contributed by atoms with van der Waals surface area (Å²) in [6, 6.07) is 0. The lowest BCUT2D eigenvalue weighted by Gasteiger charge is -2.21. The minimum Gasteiger partial charge on any atom is -0.351 e. The maximum atomic E-state index is 11.2. The Bertz CT molecular complexity index is 910. The fourth-order valence-corrected chi connectivity index (χ4v) is 4.57. The molecule has 0 radical (unpaired) electrons. The second-order valence-electron chi connectivity index (χ2n) is 6.21. The van der Waals surface area contributed by atoms with Crippen LogP contribution in [0.15, 0.2) is 11.1 Å². The molecule has 1 unspecified atom stereocenters. The summed E-state index contributed by atoms with van der Waals surface area (Å²) >= 11 is 1.79. The summed E-state index contributed by atoms with van der Waals surface area (Å²) < 4.78 is 0. The van der Waals surface area contributed by atoms with Crippen molar-refractivity contribution in [3.8, 4) is 0 Å². The van der Waals surface area contributed by atoms with Crippen LogP contribution in [0.1, 0.15) is 29.6 Å². The molecule has 0 saturated carbocycles. The molecule has 1 aliphatic carbocycles. The van der Waals surface area contributed by atoms with Gasteiger partial charge in [-0.15, -0.1) is 11.3 Å². The Morgan fingerprint density at radius 2 is 2.30 bits per heavy atom. The molecule has 0 bridgehead atoms. The number of anilines is 1. The van der Waals surface area contributed by atoms with Crippen molar-refractivity contribution < 1.29 is 0 Å². The molecule has 120 valence electrons. The van der Waals surface area contributed by atoms with E-state index < -0.39 is 0 Å². The van der Waals surface area contributed by atoms with Crippen molar-refractivity contribution in [1.82, 2.24) is 25.1 Å². The van der Waals surface area contributed by atoms with Crippen molar-refractivity contribution >= 4 is 27.4 Å². The van der Waals surface area contributed by atoms with Gasteiger partial charge in [0.05, 0.1) is 11.9 Å². The first-order chi connectivity index (χ1) is 11.1. The number of aromatic nitrogens is 5. The summed E-state index contributed by atoms with van der Waals surface area (Å²) in [5.74, 6) is 2.24. The quantitative estimate of drug-likeness (QED) is 0.765. The molecule has 4 rings (SSSR count). The number of aryl methyl sites for hydroxylation is 1. The predicted octanol–water partition coefficient (Wildman–Crippen LogP) is 1.86. The molecule has 1 atom stereocenters. The normalized spacial score (nSPS) is 17.4. The van der Waals surface area contributed by atoms with Gasteiger partial charge >= 0.3 is 5.69 Å². The molecule has 0 spiro atoms. The number of nitrogens with zero attached hydrogens (tertiary/aromatic N) is 4. The summed E-state index contributed by atoms with van der Waals surface area (Å²) in [6.07, 6.45) is 5.05. The van der Waals surface area contributed by atoms with Gasteiger partial charge in [-0.05, 0) is 30.7 Å². The maximum absolute atomic E-state index is 11.2. The number of hydrogen-bond donors (Lipinski definition) is 2. The van der Waals surface area contributed by atoms with Crippen LogP contribution in [-0.2, 0) is 19.4 Å². The molecule has 7 nitrogen and oxygen atoms in total. The molecule has 2 N–H and O–H groups in total. The van der Waals surface area contributed by atoms with E-state index in [4.69, 9.17) is 0 Å². The smallest absolute Gasteiger partial charge is 0.340 e. The van der Waals surface area contributed by atoms with Crippen LogP contribution >= 0.6 is 11.3 Å². The highest BCUT2D eigenvalue weighted by Crippen LogP contribution is 2.40. The molecule has 0 fully saturated rings. The second-order valence-corrected chi connectivity index (χ2v) is 7.29. The number of H-pyrrole nitrogens is 2. The molecule has 3 aromatic heterocycles. The highest BCUT2D eigenvalue weighted by Gasteiger charge is 2.24. The lowest BCUT2D eigenvalue weighted by atomic mass is 9.89. The average molecular weight is 330 g/mol. The van der Waals surface area contributed by atoms with Crippen molar-refractivity contribution in [3.05, 3.63) is 33.1 Å². The van der Waals surface area contributed by atoms with E-state index in [0.717, 1.165) is 29.4 Å². The summed E-state index contributed by atoms with van der Waals surface area (Å²) in [4.78, 5) is 27.3. The lowest BCUT2D eigenvalue weighted by Crippen LogP contribution is -2.20.